The molecule has 0 aromatic heterocycles. The van der Waals surface area contributed by atoms with Crippen molar-refractivity contribution >= 4 is 11.6 Å². The second kappa shape index (κ2) is 5.92. The third-order valence-corrected chi connectivity index (χ3v) is 2.86. The normalized spacial score (nSPS) is 19.6. The average Bonchev–Trinajstić information content (AvgIpc) is 2.37. The lowest BCUT2D eigenvalue weighted by atomic mass is 10.2. The van der Waals surface area contributed by atoms with Crippen molar-refractivity contribution < 1.29 is 9.47 Å². The molecule has 1 saturated heterocycles. The topological polar surface area (TPSA) is 30.5 Å². The van der Waals surface area contributed by atoms with Crippen LogP contribution in [-0.2, 0) is 4.74 Å². The largest absolute Gasteiger partial charge is 0.489 e. The van der Waals surface area contributed by atoms with Crippen LogP contribution in [-0.4, -0.2) is 32.4 Å². The van der Waals surface area contributed by atoms with Gasteiger partial charge in [-0.3, -0.25) is 0 Å². The van der Waals surface area contributed by atoms with Crippen molar-refractivity contribution in [3.8, 4) is 18.1 Å². The van der Waals surface area contributed by atoms with Gasteiger partial charge in [0, 0.05) is 13.1 Å². The second-order valence-electron chi connectivity index (χ2n) is 3.77. The summed E-state index contributed by atoms with van der Waals surface area (Å²) in [5.41, 5.74) is 0.595. The van der Waals surface area contributed by atoms with Crippen molar-refractivity contribution in [3.63, 3.8) is 0 Å². The van der Waals surface area contributed by atoms with Gasteiger partial charge in [-0.1, -0.05) is 23.6 Å². The van der Waals surface area contributed by atoms with Crippen LogP contribution in [0.2, 0.25) is 5.02 Å². The number of rotatable bonds is 3. The lowest BCUT2D eigenvalue weighted by molar-refractivity contribution is 0.000146. The van der Waals surface area contributed by atoms with Gasteiger partial charge in [-0.2, -0.15) is 0 Å². The summed E-state index contributed by atoms with van der Waals surface area (Å²) >= 11 is 5.98. The maximum atomic E-state index is 5.98. The summed E-state index contributed by atoms with van der Waals surface area (Å²) in [5.74, 6) is 3.17. The number of hydrogen-bond donors (Lipinski definition) is 1. The molecule has 1 heterocycles. The molecule has 90 valence electrons. The van der Waals surface area contributed by atoms with E-state index in [-0.39, 0.29) is 6.10 Å². The SMILES string of the molecule is C#Cc1c(Cl)cccc1OCC1CNCCO1. The summed E-state index contributed by atoms with van der Waals surface area (Å²) < 4.78 is 11.2. The highest BCUT2D eigenvalue weighted by Gasteiger charge is 2.15. The highest BCUT2D eigenvalue weighted by Crippen LogP contribution is 2.25. The standard InChI is InChI=1S/C13H14ClNO2/c1-2-11-12(14)4-3-5-13(11)17-9-10-8-15-6-7-16-10/h1,3-5,10,15H,6-9H2. The zero-order chi connectivity index (χ0) is 12.1. The fraction of sp³-hybridized carbons (Fsp3) is 0.385. The molecule has 1 atom stereocenters. The van der Waals surface area contributed by atoms with E-state index >= 15 is 0 Å². The van der Waals surface area contributed by atoms with Gasteiger partial charge in [0.1, 0.15) is 18.5 Å². The highest BCUT2D eigenvalue weighted by atomic mass is 35.5. The van der Waals surface area contributed by atoms with E-state index in [1.165, 1.54) is 0 Å². The van der Waals surface area contributed by atoms with Crippen LogP contribution >= 0.6 is 11.6 Å². The Bertz CT molecular complexity index is 422. The molecule has 17 heavy (non-hydrogen) atoms. The van der Waals surface area contributed by atoms with E-state index in [0.717, 1.165) is 13.1 Å². The molecule has 0 aliphatic carbocycles. The van der Waals surface area contributed by atoms with Crippen molar-refractivity contribution in [2.45, 2.75) is 6.10 Å². The molecule has 2 rings (SSSR count). The average molecular weight is 252 g/mol. The van der Waals surface area contributed by atoms with Crippen LogP contribution in [0.15, 0.2) is 18.2 Å². The van der Waals surface area contributed by atoms with Crippen LogP contribution in [0.4, 0.5) is 0 Å². The van der Waals surface area contributed by atoms with E-state index in [1.807, 2.05) is 12.1 Å². The number of nitrogens with one attached hydrogen (secondary N) is 1. The lowest BCUT2D eigenvalue weighted by Gasteiger charge is -2.23. The van der Waals surface area contributed by atoms with Crippen LogP contribution in [0.1, 0.15) is 5.56 Å². The molecular weight excluding hydrogens is 238 g/mol. The maximum absolute atomic E-state index is 5.98. The van der Waals surface area contributed by atoms with E-state index in [0.29, 0.717) is 29.5 Å². The summed E-state index contributed by atoms with van der Waals surface area (Å²) in [6, 6.07) is 5.39. The molecule has 0 bridgehead atoms. The smallest absolute Gasteiger partial charge is 0.136 e. The number of ether oxygens (including phenoxy) is 2. The van der Waals surface area contributed by atoms with Gasteiger partial charge in [0.2, 0.25) is 0 Å². The molecule has 1 unspecified atom stereocenters. The first-order valence-corrected chi connectivity index (χ1v) is 5.89. The van der Waals surface area contributed by atoms with Crippen LogP contribution in [0.25, 0.3) is 0 Å². The van der Waals surface area contributed by atoms with Gasteiger partial charge in [-0.05, 0) is 12.1 Å². The van der Waals surface area contributed by atoms with E-state index in [4.69, 9.17) is 27.5 Å². The second-order valence-corrected chi connectivity index (χ2v) is 4.17. The molecule has 1 aromatic carbocycles. The summed E-state index contributed by atoms with van der Waals surface area (Å²) in [6.45, 7) is 2.88. The Hall–Kier alpha value is -1.21. The van der Waals surface area contributed by atoms with Crippen LogP contribution in [0.5, 0.6) is 5.75 Å². The van der Waals surface area contributed by atoms with Crippen molar-refractivity contribution in [1.29, 1.82) is 0 Å². The molecule has 1 aliphatic rings. The molecule has 1 aliphatic heterocycles. The molecule has 0 saturated carbocycles. The maximum Gasteiger partial charge on any atom is 0.136 e. The first kappa shape index (κ1) is 12.3. The molecule has 0 amide bonds. The van der Waals surface area contributed by atoms with Gasteiger partial charge in [0.25, 0.3) is 0 Å². The Balaban J connectivity index is 1.99. The molecule has 3 nitrogen and oxygen atoms in total. The molecule has 0 radical (unpaired) electrons. The fourth-order valence-electron chi connectivity index (χ4n) is 1.67. The van der Waals surface area contributed by atoms with Crippen molar-refractivity contribution in [2.75, 3.05) is 26.3 Å². The third-order valence-electron chi connectivity index (χ3n) is 2.55. The van der Waals surface area contributed by atoms with Crippen LogP contribution in [0, 0.1) is 12.3 Å². The fourth-order valence-corrected chi connectivity index (χ4v) is 1.89. The van der Waals surface area contributed by atoms with Gasteiger partial charge >= 0.3 is 0 Å². The highest BCUT2D eigenvalue weighted by molar-refractivity contribution is 6.32. The van der Waals surface area contributed by atoms with Gasteiger partial charge in [-0.15, -0.1) is 6.42 Å². The van der Waals surface area contributed by atoms with Gasteiger partial charge in [-0.25, -0.2) is 0 Å². The first-order valence-electron chi connectivity index (χ1n) is 5.51. The minimum absolute atomic E-state index is 0.0633. The molecule has 4 heteroatoms. The van der Waals surface area contributed by atoms with E-state index < -0.39 is 0 Å². The molecule has 0 spiro atoms. The first-order chi connectivity index (χ1) is 8.31. The van der Waals surface area contributed by atoms with Crippen molar-refractivity contribution in [1.82, 2.24) is 5.32 Å². The minimum atomic E-state index is 0.0633. The van der Waals surface area contributed by atoms with Gasteiger partial charge in [0.05, 0.1) is 17.2 Å². The Morgan fingerprint density at radius 3 is 3.18 bits per heavy atom. The summed E-state index contributed by atoms with van der Waals surface area (Å²) in [7, 11) is 0. The van der Waals surface area contributed by atoms with E-state index in [9.17, 15) is 0 Å². The Morgan fingerprint density at radius 2 is 2.47 bits per heavy atom. The molecule has 1 fully saturated rings. The molecular formula is C13H14ClNO2. The van der Waals surface area contributed by atoms with E-state index in [2.05, 4.69) is 11.2 Å². The van der Waals surface area contributed by atoms with E-state index in [1.54, 1.807) is 6.07 Å². The minimum Gasteiger partial charge on any atom is -0.489 e. The van der Waals surface area contributed by atoms with Gasteiger partial charge < -0.3 is 14.8 Å². The van der Waals surface area contributed by atoms with Crippen LogP contribution in [0.3, 0.4) is 0 Å². The zero-order valence-electron chi connectivity index (χ0n) is 9.41. The Morgan fingerprint density at radius 1 is 1.59 bits per heavy atom. The third kappa shape index (κ3) is 3.13. The zero-order valence-corrected chi connectivity index (χ0v) is 10.2. The summed E-state index contributed by atoms with van der Waals surface area (Å²) in [5, 5.41) is 3.77. The summed E-state index contributed by atoms with van der Waals surface area (Å²) in [6.07, 6.45) is 5.47. The quantitative estimate of drug-likeness (QED) is 0.830. The monoisotopic (exact) mass is 251 g/mol. The van der Waals surface area contributed by atoms with Crippen LogP contribution < -0.4 is 10.1 Å². The van der Waals surface area contributed by atoms with Gasteiger partial charge in [0.15, 0.2) is 0 Å². The molecule has 1 aromatic rings. The lowest BCUT2D eigenvalue weighted by Crippen LogP contribution is -2.41. The van der Waals surface area contributed by atoms with Crippen molar-refractivity contribution in [2.24, 2.45) is 0 Å². The number of benzene rings is 1. The Labute approximate surface area is 106 Å². The number of morpholine rings is 1. The predicted octanol–water partition coefficient (Wildman–Crippen LogP) is 1.69. The number of terminal acetylenes is 1. The number of halogens is 1. The number of hydrogen-bond acceptors (Lipinski definition) is 3. The predicted molar refractivity (Wildman–Crippen MR) is 67.5 cm³/mol. The summed E-state index contributed by atoms with van der Waals surface area (Å²) in [4.78, 5) is 0. The molecule has 1 N–H and O–H groups in total. The Kier molecular flexibility index (Phi) is 4.27. The van der Waals surface area contributed by atoms with Crippen molar-refractivity contribution in [3.05, 3.63) is 28.8 Å².